The zero-order chi connectivity index (χ0) is 19.4. The molecule has 2 aromatic carbocycles. The Balaban J connectivity index is 1.86. The molecule has 0 aliphatic carbocycles. The topological polar surface area (TPSA) is 72.0 Å². The molecule has 0 fully saturated rings. The molecule has 0 saturated heterocycles. The number of benzene rings is 2. The highest BCUT2D eigenvalue weighted by Gasteiger charge is 2.29. The number of carbonyl (C=O) groups is 1. The lowest BCUT2D eigenvalue weighted by Gasteiger charge is -2.24. The lowest BCUT2D eigenvalue weighted by atomic mass is 9.85. The Morgan fingerprint density at radius 3 is 2.44 bits per heavy atom. The molecule has 0 aliphatic heterocycles. The Hall–Kier alpha value is -2.95. The van der Waals surface area contributed by atoms with Crippen molar-refractivity contribution < 1.29 is 9.53 Å². The van der Waals surface area contributed by atoms with E-state index in [0.717, 1.165) is 12.0 Å². The molecule has 1 heterocycles. The Bertz CT molecular complexity index is 982. The van der Waals surface area contributed by atoms with Gasteiger partial charge in [-0.15, -0.1) is 0 Å². The predicted octanol–water partition coefficient (Wildman–Crippen LogP) is 4.36. The maximum atomic E-state index is 12.9. The summed E-state index contributed by atoms with van der Waals surface area (Å²) in [6.07, 6.45) is 0.207. The SMILES string of the molecule is CCC(C)C(C(=O)OC(C)c1nc2ccccc2c(=O)[nH]1)c1ccccc1. The summed E-state index contributed by atoms with van der Waals surface area (Å²) in [5.74, 6) is -0.177. The van der Waals surface area contributed by atoms with Crippen molar-refractivity contribution in [3.63, 3.8) is 0 Å². The molecule has 0 amide bonds. The minimum Gasteiger partial charge on any atom is -0.454 e. The van der Waals surface area contributed by atoms with E-state index in [1.165, 1.54) is 0 Å². The van der Waals surface area contributed by atoms with E-state index in [4.69, 9.17) is 4.74 Å². The highest BCUT2D eigenvalue weighted by molar-refractivity contribution is 5.79. The van der Waals surface area contributed by atoms with Crippen LogP contribution in [-0.4, -0.2) is 15.9 Å². The third-order valence-electron chi connectivity index (χ3n) is 4.93. The van der Waals surface area contributed by atoms with E-state index in [0.29, 0.717) is 16.7 Å². The number of rotatable bonds is 6. The summed E-state index contributed by atoms with van der Waals surface area (Å²) in [6, 6.07) is 16.8. The van der Waals surface area contributed by atoms with Crippen molar-refractivity contribution in [2.75, 3.05) is 0 Å². The largest absolute Gasteiger partial charge is 0.454 e. The second-order valence-electron chi connectivity index (χ2n) is 6.82. The van der Waals surface area contributed by atoms with Gasteiger partial charge in [0.25, 0.3) is 5.56 Å². The Morgan fingerprint density at radius 2 is 1.74 bits per heavy atom. The lowest BCUT2D eigenvalue weighted by molar-refractivity contribution is -0.152. The van der Waals surface area contributed by atoms with Crippen molar-refractivity contribution in [1.82, 2.24) is 9.97 Å². The van der Waals surface area contributed by atoms with Crippen LogP contribution in [0.1, 0.15) is 50.6 Å². The summed E-state index contributed by atoms with van der Waals surface area (Å²) in [7, 11) is 0. The summed E-state index contributed by atoms with van der Waals surface area (Å²) in [5, 5.41) is 0.515. The molecule has 5 heteroatoms. The van der Waals surface area contributed by atoms with Gasteiger partial charge in [0.15, 0.2) is 11.9 Å². The lowest BCUT2D eigenvalue weighted by Crippen LogP contribution is -2.24. The fourth-order valence-corrected chi connectivity index (χ4v) is 3.19. The van der Waals surface area contributed by atoms with Gasteiger partial charge in [0.1, 0.15) is 0 Å². The number of nitrogens with one attached hydrogen (secondary N) is 1. The highest BCUT2D eigenvalue weighted by Crippen LogP contribution is 2.30. The van der Waals surface area contributed by atoms with Crippen molar-refractivity contribution in [2.45, 2.75) is 39.2 Å². The van der Waals surface area contributed by atoms with Gasteiger partial charge in [-0.3, -0.25) is 9.59 Å². The maximum absolute atomic E-state index is 12.9. The summed E-state index contributed by atoms with van der Waals surface area (Å²) in [4.78, 5) is 32.4. The van der Waals surface area contributed by atoms with Crippen molar-refractivity contribution in [2.24, 2.45) is 5.92 Å². The van der Waals surface area contributed by atoms with Crippen molar-refractivity contribution >= 4 is 16.9 Å². The molecule has 0 saturated carbocycles. The number of aromatic nitrogens is 2. The number of carbonyl (C=O) groups excluding carboxylic acids is 1. The maximum Gasteiger partial charge on any atom is 0.314 e. The van der Waals surface area contributed by atoms with E-state index >= 15 is 0 Å². The van der Waals surface area contributed by atoms with Crippen molar-refractivity contribution in [3.05, 3.63) is 76.3 Å². The van der Waals surface area contributed by atoms with E-state index < -0.39 is 6.10 Å². The van der Waals surface area contributed by atoms with Crippen molar-refractivity contribution in [1.29, 1.82) is 0 Å². The van der Waals surface area contributed by atoms with Gasteiger partial charge >= 0.3 is 5.97 Å². The van der Waals surface area contributed by atoms with Gasteiger partial charge in [0.2, 0.25) is 0 Å². The van der Waals surface area contributed by atoms with Crippen LogP contribution in [0.15, 0.2) is 59.4 Å². The van der Waals surface area contributed by atoms with Crippen LogP contribution in [0, 0.1) is 5.92 Å². The van der Waals surface area contributed by atoms with Gasteiger partial charge in [-0.2, -0.15) is 0 Å². The van der Waals surface area contributed by atoms with Crippen LogP contribution in [0.2, 0.25) is 0 Å². The molecule has 27 heavy (non-hydrogen) atoms. The fraction of sp³-hybridized carbons (Fsp3) is 0.318. The molecule has 3 aromatic rings. The minimum absolute atomic E-state index is 0.135. The molecule has 3 atom stereocenters. The third-order valence-corrected chi connectivity index (χ3v) is 4.93. The van der Waals surface area contributed by atoms with Gasteiger partial charge in [-0.05, 0) is 30.5 Å². The highest BCUT2D eigenvalue weighted by atomic mass is 16.5. The smallest absolute Gasteiger partial charge is 0.314 e. The average Bonchev–Trinajstić information content (AvgIpc) is 2.68. The molecule has 0 radical (unpaired) electrons. The van der Waals surface area contributed by atoms with Crippen LogP contribution >= 0.6 is 0 Å². The second-order valence-corrected chi connectivity index (χ2v) is 6.82. The number of para-hydroxylation sites is 1. The number of aromatic amines is 1. The molecule has 0 spiro atoms. The number of H-pyrrole nitrogens is 1. The monoisotopic (exact) mass is 364 g/mol. The van der Waals surface area contributed by atoms with E-state index in [2.05, 4.69) is 16.9 Å². The molecular formula is C22H24N2O3. The van der Waals surface area contributed by atoms with Crippen LogP contribution < -0.4 is 5.56 Å². The first-order valence-electron chi connectivity index (χ1n) is 9.25. The Morgan fingerprint density at radius 1 is 1.07 bits per heavy atom. The molecule has 140 valence electrons. The van der Waals surface area contributed by atoms with Crippen LogP contribution in [0.25, 0.3) is 10.9 Å². The standard InChI is InChI=1S/C22H24N2O3/c1-4-14(2)19(16-10-6-5-7-11-16)22(26)27-15(3)20-23-18-13-9-8-12-17(18)21(25)24-20/h5-15,19H,4H2,1-3H3,(H,23,24,25). The Kier molecular flexibility index (Phi) is 5.69. The summed E-state index contributed by atoms with van der Waals surface area (Å²) in [6.45, 7) is 5.82. The normalized spacial score (nSPS) is 14.5. The Labute approximate surface area is 158 Å². The second kappa shape index (κ2) is 8.16. The fourth-order valence-electron chi connectivity index (χ4n) is 3.19. The zero-order valence-electron chi connectivity index (χ0n) is 15.8. The number of hydrogen-bond donors (Lipinski definition) is 1. The summed E-state index contributed by atoms with van der Waals surface area (Å²) >= 11 is 0. The molecule has 0 aliphatic rings. The van der Waals surface area contributed by atoms with Crippen molar-refractivity contribution in [3.8, 4) is 0 Å². The van der Waals surface area contributed by atoms with E-state index in [9.17, 15) is 9.59 Å². The van der Waals surface area contributed by atoms with Gasteiger partial charge < -0.3 is 9.72 Å². The molecule has 3 rings (SSSR count). The van der Waals surface area contributed by atoms with E-state index in [-0.39, 0.29) is 23.4 Å². The van der Waals surface area contributed by atoms with Crippen LogP contribution in [-0.2, 0) is 9.53 Å². The average molecular weight is 364 g/mol. The predicted molar refractivity (Wildman–Crippen MR) is 106 cm³/mol. The zero-order valence-corrected chi connectivity index (χ0v) is 15.8. The number of ether oxygens (including phenoxy) is 1. The van der Waals surface area contributed by atoms with Gasteiger partial charge in [-0.1, -0.05) is 62.7 Å². The summed E-state index contributed by atoms with van der Waals surface area (Å²) < 4.78 is 5.71. The number of nitrogens with zero attached hydrogens (tertiary/aromatic N) is 1. The van der Waals surface area contributed by atoms with Gasteiger partial charge in [0.05, 0.1) is 16.8 Å². The molecule has 3 unspecified atom stereocenters. The molecule has 1 N–H and O–H groups in total. The quantitative estimate of drug-likeness (QED) is 0.660. The van der Waals surface area contributed by atoms with E-state index in [1.54, 1.807) is 25.1 Å². The van der Waals surface area contributed by atoms with Gasteiger partial charge in [-0.25, -0.2) is 4.98 Å². The number of esters is 1. The first-order valence-corrected chi connectivity index (χ1v) is 9.25. The van der Waals surface area contributed by atoms with Crippen LogP contribution in [0.5, 0.6) is 0 Å². The molecular weight excluding hydrogens is 340 g/mol. The van der Waals surface area contributed by atoms with Gasteiger partial charge in [0, 0.05) is 0 Å². The van der Waals surface area contributed by atoms with E-state index in [1.807, 2.05) is 43.3 Å². The minimum atomic E-state index is -0.648. The first-order chi connectivity index (χ1) is 13.0. The van der Waals surface area contributed by atoms with Crippen LogP contribution in [0.4, 0.5) is 0 Å². The third kappa shape index (κ3) is 4.08. The number of fused-ring (bicyclic) bond motifs is 1. The molecule has 1 aromatic heterocycles. The number of hydrogen-bond acceptors (Lipinski definition) is 4. The van der Waals surface area contributed by atoms with Crippen LogP contribution in [0.3, 0.4) is 0 Å². The molecule has 0 bridgehead atoms. The first kappa shape index (κ1) is 18.8. The molecule has 5 nitrogen and oxygen atoms in total. The summed E-state index contributed by atoms with van der Waals surface area (Å²) in [5.41, 5.74) is 1.28.